The van der Waals surface area contributed by atoms with Crippen molar-refractivity contribution in [2.24, 2.45) is 22.9 Å². The Hall–Kier alpha value is -2.77. The number of unbranched alkanes of at least 4 members (excludes halogenated alkanes) is 2. The van der Waals surface area contributed by atoms with Gasteiger partial charge in [0.15, 0.2) is 0 Å². The van der Waals surface area contributed by atoms with Gasteiger partial charge in [-0.1, -0.05) is 6.42 Å². The number of rotatable bonds is 18. The average molecular weight is 460 g/mol. The van der Waals surface area contributed by atoms with Crippen LogP contribution in [0.3, 0.4) is 0 Å². The van der Waals surface area contributed by atoms with E-state index < -0.39 is 54.3 Å². The second-order valence-corrected chi connectivity index (χ2v) is 7.42. The lowest BCUT2D eigenvalue weighted by molar-refractivity contribution is -0.142. The third-order valence-electron chi connectivity index (χ3n) is 4.62. The Balaban J connectivity index is 4.80. The topological polar surface area (TPSA) is 246 Å². The summed E-state index contributed by atoms with van der Waals surface area (Å²) < 4.78 is 0. The first-order chi connectivity index (χ1) is 15.1. The summed E-state index contributed by atoms with van der Waals surface area (Å²) in [7, 11) is 0. The van der Waals surface area contributed by atoms with Crippen molar-refractivity contribution in [3.05, 3.63) is 0 Å². The highest BCUT2D eigenvalue weighted by Crippen LogP contribution is 2.04. The predicted octanol–water partition coefficient (Wildman–Crippen LogP) is -2.99. The monoisotopic (exact) mass is 459 g/mol. The van der Waals surface area contributed by atoms with Gasteiger partial charge in [-0.15, -0.1) is 0 Å². The number of carboxylic acid groups (broad SMARTS) is 1. The van der Waals surface area contributed by atoms with Gasteiger partial charge in [-0.25, -0.2) is 4.79 Å². The molecule has 13 heteroatoms. The summed E-state index contributed by atoms with van der Waals surface area (Å²) in [5, 5.41) is 16.3. The molecule has 0 radical (unpaired) electrons. The molecule has 0 saturated carbocycles. The quantitative estimate of drug-likeness (QED) is 0.0972. The third kappa shape index (κ3) is 13.5. The van der Waals surface area contributed by atoms with Crippen LogP contribution < -0.4 is 38.9 Å². The van der Waals surface area contributed by atoms with Crippen LogP contribution in [-0.2, 0) is 24.0 Å². The average Bonchev–Trinajstić information content (AvgIpc) is 2.73. The van der Waals surface area contributed by atoms with Crippen molar-refractivity contribution in [3.63, 3.8) is 0 Å². The van der Waals surface area contributed by atoms with Gasteiger partial charge in [0.2, 0.25) is 23.6 Å². The molecule has 0 aliphatic carbocycles. The van der Waals surface area contributed by atoms with Crippen LogP contribution >= 0.6 is 0 Å². The zero-order chi connectivity index (χ0) is 24.5. The van der Waals surface area contributed by atoms with Gasteiger partial charge in [-0.3, -0.25) is 19.2 Å². The number of carboxylic acids is 1. The molecule has 0 aliphatic heterocycles. The van der Waals surface area contributed by atoms with Crippen LogP contribution in [0.1, 0.15) is 51.4 Å². The zero-order valence-corrected chi connectivity index (χ0v) is 18.3. The molecule has 12 N–H and O–H groups in total. The lowest BCUT2D eigenvalue weighted by Gasteiger charge is -2.21. The smallest absolute Gasteiger partial charge is 0.326 e. The van der Waals surface area contributed by atoms with E-state index in [1.807, 2.05) is 0 Å². The standard InChI is InChI=1S/C19H37N7O6/c20-9-3-1-5-12(22)17(29)26-13(6-2-4-10-21)18(30)24-11-16(28)25-14(19(31)32)7-8-15(23)27/h12-14H,1-11,20-22H2,(H2,23,27)(H,24,30)(H,25,28)(H,26,29)(H,31,32). The minimum absolute atomic E-state index is 0.176. The van der Waals surface area contributed by atoms with Crippen LogP contribution in [-0.4, -0.2) is 72.5 Å². The van der Waals surface area contributed by atoms with Gasteiger partial charge in [-0.05, 0) is 51.6 Å². The minimum Gasteiger partial charge on any atom is -0.480 e. The van der Waals surface area contributed by atoms with Crippen molar-refractivity contribution in [2.75, 3.05) is 19.6 Å². The Bertz CT molecular complexity index is 631. The van der Waals surface area contributed by atoms with E-state index in [0.29, 0.717) is 45.2 Å². The Morgan fingerprint density at radius 1 is 0.781 bits per heavy atom. The van der Waals surface area contributed by atoms with Gasteiger partial charge in [0, 0.05) is 6.42 Å². The summed E-state index contributed by atoms with van der Waals surface area (Å²) >= 11 is 0. The van der Waals surface area contributed by atoms with Gasteiger partial charge < -0.3 is 44.0 Å². The molecule has 0 fully saturated rings. The van der Waals surface area contributed by atoms with Crippen molar-refractivity contribution >= 4 is 29.6 Å². The summed E-state index contributed by atoms with van der Waals surface area (Å²) in [4.78, 5) is 58.9. The molecule has 3 atom stereocenters. The first-order valence-corrected chi connectivity index (χ1v) is 10.7. The molecule has 0 aliphatic rings. The van der Waals surface area contributed by atoms with E-state index in [4.69, 9.17) is 28.0 Å². The number of carbonyl (C=O) groups is 5. The molecule has 0 heterocycles. The second kappa shape index (κ2) is 16.9. The van der Waals surface area contributed by atoms with Crippen LogP contribution in [0.15, 0.2) is 0 Å². The zero-order valence-electron chi connectivity index (χ0n) is 18.3. The highest BCUT2D eigenvalue weighted by Gasteiger charge is 2.25. The molecular weight excluding hydrogens is 422 g/mol. The molecule has 0 aromatic heterocycles. The van der Waals surface area contributed by atoms with Crippen molar-refractivity contribution in [3.8, 4) is 0 Å². The predicted molar refractivity (Wildman–Crippen MR) is 117 cm³/mol. The van der Waals surface area contributed by atoms with E-state index in [1.54, 1.807) is 0 Å². The van der Waals surface area contributed by atoms with Gasteiger partial charge >= 0.3 is 5.97 Å². The molecule has 0 aromatic rings. The molecule has 32 heavy (non-hydrogen) atoms. The van der Waals surface area contributed by atoms with Crippen molar-refractivity contribution in [1.29, 1.82) is 0 Å². The van der Waals surface area contributed by atoms with Gasteiger partial charge in [0.25, 0.3) is 0 Å². The second-order valence-electron chi connectivity index (χ2n) is 7.42. The Morgan fingerprint density at radius 2 is 1.38 bits per heavy atom. The molecule has 0 saturated heterocycles. The number of nitrogens with two attached hydrogens (primary N) is 4. The Kier molecular flexibility index (Phi) is 15.4. The normalized spacial score (nSPS) is 13.5. The maximum Gasteiger partial charge on any atom is 0.326 e. The van der Waals surface area contributed by atoms with E-state index in [-0.39, 0.29) is 12.8 Å². The number of hydrogen-bond donors (Lipinski definition) is 8. The summed E-state index contributed by atoms with van der Waals surface area (Å²) in [6.45, 7) is 0.405. The largest absolute Gasteiger partial charge is 0.480 e. The molecule has 13 nitrogen and oxygen atoms in total. The van der Waals surface area contributed by atoms with Gasteiger partial charge in [-0.2, -0.15) is 0 Å². The number of nitrogens with one attached hydrogen (secondary N) is 3. The van der Waals surface area contributed by atoms with Crippen molar-refractivity contribution < 1.29 is 29.1 Å². The molecule has 4 amide bonds. The van der Waals surface area contributed by atoms with Crippen LogP contribution in [0.25, 0.3) is 0 Å². The SMILES string of the molecule is NCCCCC(N)C(=O)NC(CCCCN)C(=O)NCC(=O)NC(CCC(N)=O)C(=O)O. The molecule has 0 rings (SSSR count). The van der Waals surface area contributed by atoms with E-state index >= 15 is 0 Å². The summed E-state index contributed by atoms with van der Waals surface area (Å²) in [6, 6.07) is -3.04. The Labute approximate surface area is 187 Å². The van der Waals surface area contributed by atoms with E-state index in [2.05, 4.69) is 16.0 Å². The van der Waals surface area contributed by atoms with Crippen LogP contribution in [0, 0.1) is 0 Å². The minimum atomic E-state index is -1.33. The first kappa shape index (κ1) is 29.2. The number of hydrogen-bond acceptors (Lipinski definition) is 8. The van der Waals surface area contributed by atoms with Crippen LogP contribution in [0.5, 0.6) is 0 Å². The lowest BCUT2D eigenvalue weighted by Crippen LogP contribution is -2.53. The van der Waals surface area contributed by atoms with Crippen molar-refractivity contribution in [2.45, 2.75) is 69.5 Å². The molecule has 0 bridgehead atoms. The highest BCUT2D eigenvalue weighted by atomic mass is 16.4. The lowest BCUT2D eigenvalue weighted by atomic mass is 10.1. The fraction of sp³-hybridized carbons (Fsp3) is 0.737. The third-order valence-corrected chi connectivity index (χ3v) is 4.62. The number of aliphatic carboxylic acids is 1. The number of carbonyl (C=O) groups excluding carboxylic acids is 4. The van der Waals surface area contributed by atoms with Gasteiger partial charge in [0.1, 0.15) is 12.1 Å². The molecule has 184 valence electrons. The maximum atomic E-state index is 12.5. The van der Waals surface area contributed by atoms with E-state index in [1.165, 1.54) is 0 Å². The highest BCUT2D eigenvalue weighted by molar-refractivity contribution is 5.92. The number of primary amides is 1. The summed E-state index contributed by atoms with van der Waals surface area (Å²) in [6.07, 6.45) is 2.94. The van der Waals surface area contributed by atoms with Gasteiger partial charge in [0.05, 0.1) is 12.6 Å². The Morgan fingerprint density at radius 3 is 1.91 bits per heavy atom. The summed E-state index contributed by atoms with van der Waals surface area (Å²) in [5.74, 6) is -3.89. The number of amides is 4. The van der Waals surface area contributed by atoms with E-state index in [0.717, 1.165) is 6.42 Å². The first-order valence-electron chi connectivity index (χ1n) is 10.7. The van der Waals surface area contributed by atoms with Crippen LogP contribution in [0.2, 0.25) is 0 Å². The fourth-order valence-electron chi connectivity index (χ4n) is 2.76. The molecule has 3 unspecified atom stereocenters. The molecule has 0 spiro atoms. The fourth-order valence-corrected chi connectivity index (χ4v) is 2.76. The van der Waals surface area contributed by atoms with Crippen molar-refractivity contribution in [1.82, 2.24) is 16.0 Å². The van der Waals surface area contributed by atoms with E-state index in [9.17, 15) is 24.0 Å². The molecule has 0 aromatic carbocycles. The summed E-state index contributed by atoms with van der Waals surface area (Å²) in [5.41, 5.74) is 21.7. The molecular formula is C19H37N7O6. The van der Waals surface area contributed by atoms with Crippen LogP contribution in [0.4, 0.5) is 0 Å². The maximum absolute atomic E-state index is 12.5.